The van der Waals surface area contributed by atoms with E-state index in [0.29, 0.717) is 30.1 Å². The van der Waals surface area contributed by atoms with Crippen molar-refractivity contribution in [3.63, 3.8) is 0 Å². The normalized spacial score (nSPS) is 14.6. The summed E-state index contributed by atoms with van der Waals surface area (Å²) in [5.41, 5.74) is 3.73. The lowest BCUT2D eigenvalue weighted by Crippen LogP contribution is -2.35. The smallest absolute Gasteiger partial charge is 0.259 e. The molecule has 0 unspecified atom stereocenters. The maximum Gasteiger partial charge on any atom is 0.259 e. The van der Waals surface area contributed by atoms with E-state index in [0.717, 1.165) is 12.2 Å². The Morgan fingerprint density at radius 1 is 1.28 bits per heavy atom. The number of methoxy groups -OCH3 is 1. The first kappa shape index (κ1) is 17.3. The molecule has 25 heavy (non-hydrogen) atoms. The zero-order valence-corrected chi connectivity index (χ0v) is 15.2. The monoisotopic (exact) mass is 340 g/mol. The van der Waals surface area contributed by atoms with E-state index in [2.05, 4.69) is 23.4 Å². The van der Waals surface area contributed by atoms with Crippen molar-refractivity contribution in [3.05, 3.63) is 52.9 Å². The molecule has 3 rings (SSSR count). The second kappa shape index (κ2) is 7.13. The fourth-order valence-corrected chi connectivity index (χ4v) is 3.12. The Kier molecular flexibility index (Phi) is 4.93. The molecule has 0 radical (unpaired) electrons. The van der Waals surface area contributed by atoms with Gasteiger partial charge in [-0.2, -0.15) is 0 Å². The minimum atomic E-state index is 0.00693. The zero-order valence-electron chi connectivity index (χ0n) is 15.2. The molecule has 0 spiro atoms. The van der Waals surface area contributed by atoms with Crippen molar-refractivity contribution in [3.8, 4) is 5.75 Å². The maximum absolute atomic E-state index is 12.9. The molecule has 132 valence electrons. The van der Waals surface area contributed by atoms with Gasteiger partial charge in [0.2, 0.25) is 0 Å². The Morgan fingerprint density at radius 2 is 2.00 bits per heavy atom. The molecule has 0 bridgehead atoms. The Morgan fingerprint density at radius 3 is 2.56 bits per heavy atom. The Balaban J connectivity index is 1.76. The highest BCUT2D eigenvalue weighted by Gasteiger charge is 2.27. The van der Waals surface area contributed by atoms with Gasteiger partial charge in [-0.15, -0.1) is 0 Å². The first-order valence-corrected chi connectivity index (χ1v) is 8.60. The molecule has 0 N–H and O–H groups in total. The Hall–Kier alpha value is -2.56. The largest absolute Gasteiger partial charge is 0.497 e. The van der Waals surface area contributed by atoms with Crippen molar-refractivity contribution in [1.29, 1.82) is 0 Å². The van der Waals surface area contributed by atoms with Gasteiger partial charge in [0, 0.05) is 19.0 Å². The Labute approximate surface area is 148 Å². The molecular formula is C20H24N2O3. The second-order valence-electron chi connectivity index (χ2n) is 6.62. The molecule has 0 fully saturated rings. The molecule has 0 atom stereocenters. The van der Waals surface area contributed by atoms with E-state index in [1.807, 2.05) is 37.8 Å². The molecule has 0 saturated carbocycles. The van der Waals surface area contributed by atoms with E-state index in [-0.39, 0.29) is 11.8 Å². The van der Waals surface area contributed by atoms with Gasteiger partial charge in [-0.3, -0.25) is 4.79 Å². The minimum absolute atomic E-state index is 0.00693. The molecule has 1 amide bonds. The summed E-state index contributed by atoms with van der Waals surface area (Å²) in [6.45, 7) is 7.13. The molecule has 2 aromatic rings. The number of ether oxygens (including phenoxy) is 1. The van der Waals surface area contributed by atoms with Crippen LogP contribution in [0, 0.1) is 6.92 Å². The average Bonchev–Trinajstić information content (AvgIpc) is 3.03. The number of carbonyl (C=O) groups is 1. The number of carbonyl (C=O) groups excluding carboxylic acids is 1. The van der Waals surface area contributed by atoms with Crippen molar-refractivity contribution in [1.82, 2.24) is 10.1 Å². The topological polar surface area (TPSA) is 55.6 Å². The number of benzene rings is 1. The van der Waals surface area contributed by atoms with E-state index in [1.54, 1.807) is 7.11 Å². The minimum Gasteiger partial charge on any atom is -0.497 e. The summed E-state index contributed by atoms with van der Waals surface area (Å²) in [6.07, 6.45) is 2.96. The quantitative estimate of drug-likeness (QED) is 0.843. The maximum atomic E-state index is 12.9. The van der Waals surface area contributed by atoms with Crippen molar-refractivity contribution in [2.75, 3.05) is 20.2 Å². The second-order valence-corrected chi connectivity index (χ2v) is 6.62. The van der Waals surface area contributed by atoms with Crippen LogP contribution in [-0.2, 0) is 0 Å². The van der Waals surface area contributed by atoms with E-state index >= 15 is 0 Å². The number of amides is 1. The van der Waals surface area contributed by atoms with Crippen molar-refractivity contribution in [2.24, 2.45) is 0 Å². The van der Waals surface area contributed by atoms with Gasteiger partial charge >= 0.3 is 0 Å². The van der Waals surface area contributed by atoms with Crippen LogP contribution in [0.25, 0.3) is 5.57 Å². The van der Waals surface area contributed by atoms with Gasteiger partial charge in [0.15, 0.2) is 5.76 Å². The van der Waals surface area contributed by atoms with Crippen LogP contribution in [0.5, 0.6) is 5.75 Å². The first-order valence-electron chi connectivity index (χ1n) is 8.60. The average molecular weight is 340 g/mol. The van der Waals surface area contributed by atoms with Crippen LogP contribution in [0.15, 0.2) is 34.9 Å². The third kappa shape index (κ3) is 3.45. The SMILES string of the molecule is COc1ccc(C2=CCN(C(=O)c3c(C)noc3C(C)C)CC2)cc1. The summed E-state index contributed by atoms with van der Waals surface area (Å²) >= 11 is 0. The van der Waals surface area contributed by atoms with Gasteiger partial charge in [0.25, 0.3) is 5.91 Å². The summed E-state index contributed by atoms with van der Waals surface area (Å²) in [7, 11) is 1.66. The molecular weight excluding hydrogens is 316 g/mol. The Bertz CT molecular complexity index is 788. The summed E-state index contributed by atoms with van der Waals surface area (Å²) < 4.78 is 10.6. The van der Waals surface area contributed by atoms with Crippen LogP contribution < -0.4 is 4.74 Å². The lowest BCUT2D eigenvalue weighted by molar-refractivity contribution is 0.0769. The first-order chi connectivity index (χ1) is 12.0. The number of rotatable bonds is 4. The van der Waals surface area contributed by atoms with Gasteiger partial charge in [0.05, 0.1) is 12.8 Å². The summed E-state index contributed by atoms with van der Waals surface area (Å²) in [5.74, 6) is 1.66. The van der Waals surface area contributed by atoms with Gasteiger partial charge < -0.3 is 14.2 Å². The zero-order chi connectivity index (χ0) is 18.0. The predicted molar refractivity (Wildman–Crippen MR) is 96.8 cm³/mol. The molecule has 1 aliphatic rings. The molecule has 1 aliphatic heterocycles. The fraction of sp³-hybridized carbons (Fsp3) is 0.400. The van der Waals surface area contributed by atoms with E-state index in [9.17, 15) is 4.79 Å². The molecule has 0 saturated heterocycles. The molecule has 2 heterocycles. The molecule has 1 aromatic heterocycles. The molecule has 0 aliphatic carbocycles. The number of hydrogen-bond donors (Lipinski definition) is 0. The van der Waals surface area contributed by atoms with E-state index in [4.69, 9.17) is 9.26 Å². The summed E-state index contributed by atoms with van der Waals surface area (Å²) in [4.78, 5) is 14.8. The van der Waals surface area contributed by atoms with Crippen LogP contribution in [0.4, 0.5) is 0 Å². The highest BCUT2D eigenvalue weighted by molar-refractivity contribution is 5.96. The van der Waals surface area contributed by atoms with Crippen LogP contribution in [0.3, 0.4) is 0 Å². The van der Waals surface area contributed by atoms with Crippen molar-refractivity contribution >= 4 is 11.5 Å². The standard InChI is InChI=1S/C20H24N2O3/c1-13(2)19-18(14(3)21-25-19)20(23)22-11-9-16(10-12-22)15-5-7-17(24-4)8-6-15/h5-9,13H,10-12H2,1-4H3. The number of aryl methyl sites for hydroxylation is 1. The van der Waals surface area contributed by atoms with Crippen LogP contribution >= 0.6 is 0 Å². The van der Waals surface area contributed by atoms with Gasteiger partial charge in [-0.25, -0.2) is 0 Å². The third-order valence-corrected chi connectivity index (χ3v) is 4.58. The molecule has 5 nitrogen and oxygen atoms in total. The fourth-order valence-electron chi connectivity index (χ4n) is 3.12. The molecule has 1 aromatic carbocycles. The van der Waals surface area contributed by atoms with Crippen molar-refractivity contribution in [2.45, 2.75) is 33.1 Å². The summed E-state index contributed by atoms with van der Waals surface area (Å²) in [5, 5.41) is 3.98. The number of nitrogens with zero attached hydrogens (tertiary/aromatic N) is 2. The van der Waals surface area contributed by atoms with E-state index < -0.39 is 0 Å². The van der Waals surface area contributed by atoms with Crippen LogP contribution in [0.1, 0.15) is 53.6 Å². The van der Waals surface area contributed by atoms with Crippen LogP contribution in [0.2, 0.25) is 0 Å². The molecule has 5 heteroatoms. The lowest BCUT2D eigenvalue weighted by Gasteiger charge is -2.27. The highest BCUT2D eigenvalue weighted by Crippen LogP contribution is 2.27. The van der Waals surface area contributed by atoms with Crippen molar-refractivity contribution < 1.29 is 14.1 Å². The number of aromatic nitrogens is 1. The predicted octanol–water partition coefficient (Wildman–Crippen LogP) is 4.04. The highest BCUT2D eigenvalue weighted by atomic mass is 16.5. The summed E-state index contributed by atoms with van der Waals surface area (Å²) in [6, 6.07) is 8.04. The van der Waals surface area contributed by atoms with Gasteiger partial charge in [-0.1, -0.05) is 37.2 Å². The van der Waals surface area contributed by atoms with E-state index in [1.165, 1.54) is 11.1 Å². The number of hydrogen-bond acceptors (Lipinski definition) is 4. The van der Waals surface area contributed by atoms with Crippen LogP contribution in [-0.4, -0.2) is 36.2 Å². The van der Waals surface area contributed by atoms with Gasteiger partial charge in [0.1, 0.15) is 11.3 Å². The van der Waals surface area contributed by atoms with Gasteiger partial charge in [-0.05, 0) is 36.6 Å². The lowest BCUT2D eigenvalue weighted by atomic mass is 9.98. The third-order valence-electron chi connectivity index (χ3n) is 4.58.